The average Bonchev–Trinajstić information content (AvgIpc) is 3.23. The van der Waals surface area contributed by atoms with Crippen molar-refractivity contribution < 1.29 is 19.5 Å². The van der Waals surface area contributed by atoms with Crippen molar-refractivity contribution in [2.45, 2.75) is 57.3 Å². The molecule has 1 spiro atoms. The van der Waals surface area contributed by atoms with Gasteiger partial charge in [0, 0.05) is 19.0 Å². The number of rotatable bonds is 5. The smallest absolute Gasteiger partial charge is 0.276 e. The SMILES string of the molecule is CCc1cc(C(=O)NO)cnc1NC1(c2cccc(C)c2)CCC2(CC1)OCCO2. The number of carbonyl (C=O) groups is 1. The molecule has 1 aromatic heterocycles. The van der Waals surface area contributed by atoms with E-state index in [0.29, 0.717) is 25.2 Å². The molecular weight excluding hydrogens is 382 g/mol. The third-order valence-electron chi connectivity index (χ3n) is 6.32. The lowest BCUT2D eigenvalue weighted by molar-refractivity contribution is -0.183. The van der Waals surface area contributed by atoms with E-state index in [1.807, 2.05) is 6.92 Å². The van der Waals surface area contributed by atoms with Crippen LogP contribution >= 0.6 is 0 Å². The number of anilines is 1. The molecule has 4 rings (SSSR count). The van der Waals surface area contributed by atoms with Crippen molar-refractivity contribution in [1.29, 1.82) is 0 Å². The Balaban J connectivity index is 1.68. The molecule has 0 unspecified atom stereocenters. The number of aromatic nitrogens is 1. The maximum absolute atomic E-state index is 11.8. The molecule has 2 aliphatic rings. The first-order valence-corrected chi connectivity index (χ1v) is 10.6. The minimum absolute atomic E-state index is 0.301. The first-order chi connectivity index (χ1) is 14.5. The van der Waals surface area contributed by atoms with Gasteiger partial charge in [-0.2, -0.15) is 0 Å². The Bertz CT molecular complexity index is 914. The molecule has 1 amide bonds. The van der Waals surface area contributed by atoms with Crippen LogP contribution in [-0.4, -0.2) is 35.1 Å². The second-order valence-electron chi connectivity index (χ2n) is 8.21. The van der Waals surface area contributed by atoms with Crippen LogP contribution in [0.3, 0.4) is 0 Å². The van der Waals surface area contributed by atoms with Gasteiger partial charge in [-0.15, -0.1) is 0 Å². The number of hydrogen-bond donors (Lipinski definition) is 3. The van der Waals surface area contributed by atoms with Gasteiger partial charge in [-0.1, -0.05) is 36.8 Å². The molecule has 3 N–H and O–H groups in total. The number of hydrogen-bond acceptors (Lipinski definition) is 6. The number of benzene rings is 1. The van der Waals surface area contributed by atoms with Gasteiger partial charge in [0.15, 0.2) is 5.79 Å². The highest BCUT2D eigenvalue weighted by Crippen LogP contribution is 2.47. The molecule has 0 radical (unpaired) electrons. The Labute approximate surface area is 176 Å². The molecule has 1 saturated carbocycles. The molecule has 1 aliphatic carbocycles. The second-order valence-corrected chi connectivity index (χ2v) is 8.21. The lowest BCUT2D eigenvalue weighted by atomic mass is 9.74. The summed E-state index contributed by atoms with van der Waals surface area (Å²) in [6, 6.07) is 10.3. The van der Waals surface area contributed by atoms with E-state index in [1.54, 1.807) is 11.5 Å². The van der Waals surface area contributed by atoms with Crippen LogP contribution in [0.2, 0.25) is 0 Å². The Morgan fingerprint density at radius 2 is 1.90 bits per heavy atom. The van der Waals surface area contributed by atoms with Crippen molar-refractivity contribution in [2.75, 3.05) is 18.5 Å². The number of hydroxylamine groups is 1. The molecule has 30 heavy (non-hydrogen) atoms. The third kappa shape index (κ3) is 3.93. The van der Waals surface area contributed by atoms with Crippen LogP contribution in [-0.2, 0) is 21.4 Å². The highest BCUT2D eigenvalue weighted by Gasteiger charge is 2.47. The van der Waals surface area contributed by atoms with E-state index in [-0.39, 0.29) is 5.54 Å². The molecule has 160 valence electrons. The normalized spacial score (nSPS) is 19.6. The number of carbonyl (C=O) groups excluding carboxylic acids is 1. The maximum Gasteiger partial charge on any atom is 0.276 e. The fraction of sp³-hybridized carbons (Fsp3) is 0.478. The third-order valence-corrected chi connectivity index (χ3v) is 6.32. The lowest BCUT2D eigenvalue weighted by Crippen LogP contribution is -2.46. The summed E-state index contributed by atoms with van der Waals surface area (Å²) in [5.74, 6) is -0.260. The van der Waals surface area contributed by atoms with E-state index in [2.05, 4.69) is 41.5 Å². The molecule has 2 fully saturated rings. The van der Waals surface area contributed by atoms with Crippen molar-refractivity contribution in [3.05, 3.63) is 58.8 Å². The van der Waals surface area contributed by atoms with Crippen LogP contribution in [0.15, 0.2) is 36.5 Å². The van der Waals surface area contributed by atoms with Crippen molar-refractivity contribution in [3.8, 4) is 0 Å². The van der Waals surface area contributed by atoms with E-state index in [1.165, 1.54) is 17.3 Å². The van der Waals surface area contributed by atoms with Gasteiger partial charge in [-0.3, -0.25) is 10.0 Å². The average molecular weight is 412 g/mol. The van der Waals surface area contributed by atoms with Gasteiger partial charge in [0.2, 0.25) is 0 Å². The quantitative estimate of drug-likeness (QED) is 0.513. The highest BCUT2D eigenvalue weighted by molar-refractivity contribution is 5.93. The van der Waals surface area contributed by atoms with Gasteiger partial charge < -0.3 is 14.8 Å². The van der Waals surface area contributed by atoms with Crippen LogP contribution in [0, 0.1) is 6.92 Å². The Hall–Kier alpha value is -2.48. The van der Waals surface area contributed by atoms with Gasteiger partial charge in [0.25, 0.3) is 5.91 Å². The molecule has 0 atom stereocenters. The van der Waals surface area contributed by atoms with Crippen molar-refractivity contribution in [2.24, 2.45) is 0 Å². The predicted molar refractivity (Wildman–Crippen MR) is 112 cm³/mol. The van der Waals surface area contributed by atoms with E-state index in [4.69, 9.17) is 14.7 Å². The largest absolute Gasteiger partial charge is 0.360 e. The fourth-order valence-electron chi connectivity index (χ4n) is 4.58. The second kappa shape index (κ2) is 8.34. The minimum Gasteiger partial charge on any atom is -0.360 e. The Morgan fingerprint density at radius 1 is 1.17 bits per heavy atom. The summed E-state index contributed by atoms with van der Waals surface area (Å²) in [6.45, 7) is 5.43. The van der Waals surface area contributed by atoms with Gasteiger partial charge in [-0.25, -0.2) is 10.5 Å². The van der Waals surface area contributed by atoms with Crippen LogP contribution in [0.1, 0.15) is 59.7 Å². The number of amides is 1. The topological polar surface area (TPSA) is 92.7 Å². The highest BCUT2D eigenvalue weighted by atomic mass is 16.7. The predicted octanol–water partition coefficient (Wildman–Crippen LogP) is 3.70. The summed E-state index contributed by atoms with van der Waals surface area (Å²) >= 11 is 0. The maximum atomic E-state index is 11.8. The molecule has 7 heteroatoms. The zero-order valence-electron chi connectivity index (χ0n) is 17.5. The van der Waals surface area contributed by atoms with E-state index in [9.17, 15) is 4.79 Å². The van der Waals surface area contributed by atoms with Gasteiger partial charge in [-0.05, 0) is 43.4 Å². The summed E-state index contributed by atoms with van der Waals surface area (Å²) in [7, 11) is 0. The summed E-state index contributed by atoms with van der Waals surface area (Å²) in [6.07, 6.45) is 5.51. The minimum atomic E-state index is -0.563. The number of pyridine rings is 1. The number of ether oxygens (including phenoxy) is 2. The summed E-state index contributed by atoms with van der Waals surface area (Å²) < 4.78 is 11.9. The lowest BCUT2D eigenvalue weighted by Gasteiger charge is -2.45. The van der Waals surface area contributed by atoms with E-state index in [0.717, 1.165) is 37.1 Å². The number of nitrogens with zero attached hydrogens (tertiary/aromatic N) is 1. The summed E-state index contributed by atoms with van der Waals surface area (Å²) in [5, 5.41) is 12.7. The van der Waals surface area contributed by atoms with Gasteiger partial charge in [0.05, 0.1) is 24.3 Å². The summed E-state index contributed by atoms with van der Waals surface area (Å²) in [5.41, 5.74) is 5.06. The molecule has 2 heterocycles. The van der Waals surface area contributed by atoms with Crippen LogP contribution in [0.25, 0.3) is 0 Å². The van der Waals surface area contributed by atoms with Crippen LogP contribution < -0.4 is 10.8 Å². The Morgan fingerprint density at radius 3 is 2.53 bits per heavy atom. The van der Waals surface area contributed by atoms with Crippen molar-refractivity contribution in [1.82, 2.24) is 10.5 Å². The molecule has 1 saturated heterocycles. The van der Waals surface area contributed by atoms with Crippen LogP contribution in [0.4, 0.5) is 5.82 Å². The zero-order valence-corrected chi connectivity index (χ0v) is 17.5. The standard InChI is InChI=1S/C23H29N3O4/c1-3-17-14-18(21(27)26-28)15-24-20(17)25-22(19-6-4-5-16(2)13-19)7-9-23(10-8-22)29-11-12-30-23/h4-6,13-15,28H,3,7-12H2,1-2H3,(H,24,25)(H,26,27). The monoisotopic (exact) mass is 411 g/mol. The van der Waals surface area contributed by atoms with Gasteiger partial charge in [0.1, 0.15) is 5.82 Å². The molecule has 1 aliphatic heterocycles. The number of aryl methyl sites for hydroxylation is 2. The van der Waals surface area contributed by atoms with E-state index >= 15 is 0 Å². The first-order valence-electron chi connectivity index (χ1n) is 10.6. The van der Waals surface area contributed by atoms with Crippen LogP contribution in [0.5, 0.6) is 0 Å². The molecule has 0 bridgehead atoms. The molecule has 7 nitrogen and oxygen atoms in total. The van der Waals surface area contributed by atoms with E-state index < -0.39 is 11.7 Å². The van der Waals surface area contributed by atoms with Gasteiger partial charge >= 0.3 is 0 Å². The van der Waals surface area contributed by atoms with Crippen molar-refractivity contribution in [3.63, 3.8) is 0 Å². The number of nitrogens with one attached hydrogen (secondary N) is 2. The van der Waals surface area contributed by atoms with Crippen molar-refractivity contribution >= 4 is 11.7 Å². The molecular formula is C23H29N3O4. The first kappa shape index (κ1) is 20.8. The fourth-order valence-corrected chi connectivity index (χ4v) is 4.58. The zero-order chi connectivity index (χ0) is 21.2. The molecule has 1 aromatic carbocycles. The Kier molecular flexibility index (Phi) is 5.77. The molecule has 2 aromatic rings. The summed E-state index contributed by atoms with van der Waals surface area (Å²) in [4.78, 5) is 16.3.